The number of rotatable bonds is 3. The normalized spacial score (nSPS) is 15.9. The van der Waals surface area contributed by atoms with Gasteiger partial charge in [-0.05, 0) is 24.6 Å². The number of alkyl halides is 3. The van der Waals surface area contributed by atoms with Gasteiger partial charge in [0.1, 0.15) is 0 Å². The predicted molar refractivity (Wildman–Crippen MR) is 56.5 cm³/mol. The molecule has 0 aliphatic heterocycles. The summed E-state index contributed by atoms with van der Waals surface area (Å²) in [6.45, 7) is 1.39. The summed E-state index contributed by atoms with van der Waals surface area (Å²) in [5.41, 5.74) is -0.983. The van der Waals surface area contributed by atoms with Gasteiger partial charge in [0.05, 0.1) is 12.0 Å². The third-order valence-electron chi connectivity index (χ3n) is 2.42. The van der Waals surface area contributed by atoms with E-state index in [0.717, 1.165) is 0 Å². The van der Waals surface area contributed by atoms with Crippen molar-refractivity contribution in [3.8, 4) is 0 Å². The fourth-order valence-electron chi connectivity index (χ4n) is 1.49. The molecule has 1 aromatic rings. The zero-order valence-corrected chi connectivity index (χ0v) is 9.69. The molecule has 1 atom stereocenters. The number of halogens is 4. The molecule has 0 saturated carbocycles. The third-order valence-corrected chi connectivity index (χ3v) is 2.66. The number of hydrogen-bond acceptors (Lipinski definition) is 1. The van der Waals surface area contributed by atoms with Gasteiger partial charge in [-0.25, -0.2) is 0 Å². The Morgan fingerprint density at radius 1 is 1.31 bits per heavy atom. The molecule has 0 aromatic heterocycles. The topological polar surface area (TPSA) is 9.23 Å². The Balaban J connectivity index is 3.05. The van der Waals surface area contributed by atoms with Crippen molar-refractivity contribution in [3.05, 3.63) is 34.9 Å². The molecule has 0 spiro atoms. The molecular weight excluding hydrogens is 241 g/mol. The zero-order chi connectivity index (χ0) is 12.4. The Morgan fingerprint density at radius 2 is 1.94 bits per heavy atom. The maximum Gasteiger partial charge on any atom is 0.392 e. The first-order chi connectivity index (χ1) is 7.27. The van der Waals surface area contributed by atoms with Crippen LogP contribution in [0.5, 0.6) is 0 Å². The first-order valence-corrected chi connectivity index (χ1v) is 5.02. The van der Waals surface area contributed by atoms with Gasteiger partial charge in [0, 0.05) is 12.1 Å². The van der Waals surface area contributed by atoms with E-state index < -0.39 is 18.2 Å². The number of hydrogen-bond donors (Lipinski definition) is 0. The maximum atomic E-state index is 12.4. The molecule has 1 nitrogen and oxygen atoms in total. The Kier molecular flexibility index (Phi) is 3.86. The van der Waals surface area contributed by atoms with Crippen molar-refractivity contribution in [3.63, 3.8) is 0 Å². The van der Waals surface area contributed by atoms with Gasteiger partial charge in [-0.3, -0.25) is 0 Å². The van der Waals surface area contributed by atoms with Gasteiger partial charge in [0.2, 0.25) is 0 Å². The molecule has 0 aliphatic carbocycles. The van der Waals surface area contributed by atoms with E-state index in [2.05, 4.69) is 0 Å². The standard InChI is InChI=1S/C11H12ClF3O/c1-10(16-2,7-11(13,14)15)8-4-3-5-9(12)6-8/h3-6H,7H2,1-2H3. The van der Waals surface area contributed by atoms with Crippen molar-refractivity contribution in [1.29, 1.82) is 0 Å². The van der Waals surface area contributed by atoms with Crippen LogP contribution in [0.1, 0.15) is 18.9 Å². The van der Waals surface area contributed by atoms with Gasteiger partial charge < -0.3 is 4.74 Å². The quantitative estimate of drug-likeness (QED) is 0.785. The fourth-order valence-corrected chi connectivity index (χ4v) is 1.68. The van der Waals surface area contributed by atoms with E-state index in [1.165, 1.54) is 20.1 Å². The van der Waals surface area contributed by atoms with E-state index in [1.54, 1.807) is 18.2 Å². The molecule has 0 saturated heterocycles. The van der Waals surface area contributed by atoms with Crippen LogP contribution >= 0.6 is 11.6 Å². The predicted octanol–water partition coefficient (Wildman–Crippen LogP) is 4.15. The highest BCUT2D eigenvalue weighted by Gasteiger charge is 2.40. The average Bonchev–Trinajstić information content (AvgIpc) is 2.15. The summed E-state index contributed by atoms with van der Waals surface area (Å²) in [4.78, 5) is 0. The van der Waals surface area contributed by atoms with E-state index in [4.69, 9.17) is 16.3 Å². The smallest absolute Gasteiger partial charge is 0.373 e. The van der Waals surface area contributed by atoms with Crippen molar-refractivity contribution >= 4 is 11.6 Å². The molecule has 0 aliphatic rings. The largest absolute Gasteiger partial charge is 0.392 e. The van der Waals surface area contributed by atoms with Crippen molar-refractivity contribution in [1.82, 2.24) is 0 Å². The summed E-state index contributed by atoms with van der Waals surface area (Å²) in [5, 5.41) is 0.392. The number of ether oxygens (including phenoxy) is 1. The molecule has 0 fully saturated rings. The van der Waals surface area contributed by atoms with Gasteiger partial charge in [0.15, 0.2) is 0 Å². The maximum absolute atomic E-state index is 12.4. The minimum Gasteiger partial charge on any atom is -0.373 e. The minimum absolute atomic E-state index is 0.392. The Bertz CT molecular complexity index is 364. The van der Waals surface area contributed by atoms with Crippen molar-refractivity contribution in [2.75, 3.05) is 7.11 Å². The van der Waals surface area contributed by atoms with Crippen LogP contribution in [0.15, 0.2) is 24.3 Å². The molecule has 0 heterocycles. The number of benzene rings is 1. The van der Waals surface area contributed by atoms with E-state index in [-0.39, 0.29) is 0 Å². The van der Waals surface area contributed by atoms with Gasteiger partial charge in [0.25, 0.3) is 0 Å². The summed E-state index contributed by atoms with van der Waals surface area (Å²) in [6.07, 6.45) is -5.33. The monoisotopic (exact) mass is 252 g/mol. The van der Waals surface area contributed by atoms with Crippen LogP contribution in [0.2, 0.25) is 5.02 Å². The SMILES string of the molecule is COC(C)(CC(F)(F)F)c1cccc(Cl)c1. The van der Waals surface area contributed by atoms with Crippen LogP contribution in [-0.4, -0.2) is 13.3 Å². The lowest BCUT2D eigenvalue weighted by molar-refractivity contribution is -0.181. The zero-order valence-electron chi connectivity index (χ0n) is 8.94. The second-order valence-electron chi connectivity index (χ2n) is 3.74. The van der Waals surface area contributed by atoms with E-state index in [9.17, 15) is 13.2 Å². The van der Waals surface area contributed by atoms with Crippen LogP contribution < -0.4 is 0 Å². The van der Waals surface area contributed by atoms with E-state index in [0.29, 0.717) is 10.6 Å². The first-order valence-electron chi connectivity index (χ1n) is 4.65. The number of methoxy groups -OCH3 is 1. The van der Waals surface area contributed by atoms with Gasteiger partial charge >= 0.3 is 6.18 Å². The third kappa shape index (κ3) is 3.39. The minimum atomic E-state index is -4.28. The second kappa shape index (κ2) is 4.63. The summed E-state index contributed by atoms with van der Waals surface area (Å²) < 4.78 is 42.2. The van der Waals surface area contributed by atoms with E-state index in [1.807, 2.05) is 0 Å². The lowest BCUT2D eigenvalue weighted by atomic mass is 9.92. The highest BCUT2D eigenvalue weighted by Crippen LogP contribution is 2.37. The molecule has 1 rings (SSSR count). The van der Waals surface area contributed by atoms with Gasteiger partial charge in [-0.15, -0.1) is 0 Å². The van der Waals surface area contributed by atoms with Crippen molar-refractivity contribution in [2.24, 2.45) is 0 Å². The fraction of sp³-hybridized carbons (Fsp3) is 0.455. The summed E-state index contributed by atoms with van der Waals surface area (Å²) in [5.74, 6) is 0. The Hall–Kier alpha value is -0.740. The first kappa shape index (κ1) is 13.3. The van der Waals surface area contributed by atoms with Crippen LogP contribution in [0.25, 0.3) is 0 Å². The van der Waals surface area contributed by atoms with Crippen LogP contribution in [0, 0.1) is 0 Å². The van der Waals surface area contributed by atoms with Crippen LogP contribution in [-0.2, 0) is 10.3 Å². The summed E-state index contributed by atoms with van der Waals surface area (Å²) >= 11 is 5.74. The highest BCUT2D eigenvalue weighted by atomic mass is 35.5. The molecular formula is C11H12ClF3O. The van der Waals surface area contributed by atoms with Crippen molar-refractivity contribution < 1.29 is 17.9 Å². The van der Waals surface area contributed by atoms with Gasteiger partial charge in [-0.1, -0.05) is 23.7 Å². The summed E-state index contributed by atoms with van der Waals surface area (Å²) in [6, 6.07) is 6.26. The molecule has 5 heteroatoms. The van der Waals surface area contributed by atoms with Crippen LogP contribution in [0.3, 0.4) is 0 Å². The molecule has 1 unspecified atom stereocenters. The lowest BCUT2D eigenvalue weighted by Crippen LogP contribution is -2.31. The molecule has 0 N–H and O–H groups in total. The average molecular weight is 253 g/mol. The Labute approximate surface area is 97.2 Å². The van der Waals surface area contributed by atoms with Gasteiger partial charge in [-0.2, -0.15) is 13.2 Å². The molecule has 1 aromatic carbocycles. The highest BCUT2D eigenvalue weighted by molar-refractivity contribution is 6.30. The molecule has 0 bridgehead atoms. The lowest BCUT2D eigenvalue weighted by Gasteiger charge is -2.29. The molecule has 0 radical (unpaired) electrons. The van der Waals surface area contributed by atoms with E-state index >= 15 is 0 Å². The second-order valence-corrected chi connectivity index (χ2v) is 4.17. The molecule has 16 heavy (non-hydrogen) atoms. The Morgan fingerprint density at radius 3 is 2.38 bits per heavy atom. The van der Waals surface area contributed by atoms with Crippen LogP contribution in [0.4, 0.5) is 13.2 Å². The molecule has 0 amide bonds. The summed E-state index contributed by atoms with van der Waals surface area (Å²) in [7, 11) is 1.26. The van der Waals surface area contributed by atoms with Crippen molar-refractivity contribution in [2.45, 2.75) is 25.1 Å². The molecule has 90 valence electrons.